The largest absolute Gasteiger partial charge is 0.344 e. The van der Waals surface area contributed by atoms with E-state index in [4.69, 9.17) is 5.73 Å². The molecule has 1 heterocycles. The molecule has 3 N–H and O–H groups in total. The lowest BCUT2D eigenvalue weighted by Gasteiger charge is -2.33. The van der Waals surface area contributed by atoms with Gasteiger partial charge < -0.3 is 11.1 Å². The van der Waals surface area contributed by atoms with Crippen molar-refractivity contribution in [2.45, 2.75) is 45.6 Å². The zero-order chi connectivity index (χ0) is 18.2. The molecule has 1 aliphatic carbocycles. The van der Waals surface area contributed by atoms with Gasteiger partial charge in [-0.05, 0) is 44.2 Å². The molecule has 1 aliphatic rings. The molecule has 0 radical (unpaired) electrons. The molecule has 1 aromatic carbocycles. The lowest BCUT2D eigenvalue weighted by molar-refractivity contribution is 0.0876. The van der Waals surface area contributed by atoms with E-state index < -0.39 is 5.54 Å². The summed E-state index contributed by atoms with van der Waals surface area (Å²) in [4.78, 5) is 12.9. The van der Waals surface area contributed by atoms with Gasteiger partial charge in [-0.15, -0.1) is 12.4 Å². The number of hydrogen-bond acceptors (Lipinski definition) is 3. The van der Waals surface area contributed by atoms with Crippen LogP contribution in [0.25, 0.3) is 5.69 Å². The van der Waals surface area contributed by atoms with E-state index in [1.54, 1.807) is 22.9 Å². The maximum absolute atomic E-state index is 14.2. The van der Waals surface area contributed by atoms with Crippen molar-refractivity contribution in [3.8, 4) is 5.69 Å². The molecule has 0 bridgehead atoms. The Kier molecular flexibility index (Phi) is 6.09. The van der Waals surface area contributed by atoms with Gasteiger partial charge in [0.05, 0.1) is 5.54 Å². The second-order valence-electron chi connectivity index (χ2n) is 7.22. The van der Waals surface area contributed by atoms with Crippen LogP contribution >= 0.6 is 12.4 Å². The number of para-hydroxylation sites is 1. The molecule has 1 aromatic heterocycles. The third-order valence-corrected chi connectivity index (χ3v) is 5.32. The summed E-state index contributed by atoms with van der Waals surface area (Å²) in [5.74, 6) is -0.404. The monoisotopic (exact) mass is 380 g/mol. The van der Waals surface area contributed by atoms with Crippen molar-refractivity contribution in [1.29, 1.82) is 0 Å². The van der Waals surface area contributed by atoms with Crippen molar-refractivity contribution < 1.29 is 9.18 Å². The average molecular weight is 381 g/mol. The number of rotatable bonds is 5. The van der Waals surface area contributed by atoms with Gasteiger partial charge in [0.2, 0.25) is 0 Å². The van der Waals surface area contributed by atoms with Gasteiger partial charge in [-0.2, -0.15) is 5.10 Å². The normalized spacial score (nSPS) is 15.3. The Morgan fingerprint density at radius 3 is 2.69 bits per heavy atom. The molecule has 0 spiro atoms. The fraction of sp³-hybridized carbons (Fsp3) is 0.474. The highest BCUT2D eigenvalue weighted by Gasteiger charge is 2.33. The second-order valence-corrected chi connectivity index (χ2v) is 7.22. The first-order valence-corrected chi connectivity index (χ1v) is 8.75. The molecule has 26 heavy (non-hydrogen) atoms. The summed E-state index contributed by atoms with van der Waals surface area (Å²) in [6.07, 6.45) is 2.52. The number of nitrogens with two attached hydrogens (primary N) is 1. The van der Waals surface area contributed by atoms with E-state index in [1.807, 2.05) is 20.8 Å². The van der Waals surface area contributed by atoms with Crippen molar-refractivity contribution in [2.75, 3.05) is 6.54 Å². The van der Waals surface area contributed by atoms with Crippen LogP contribution in [0, 0.1) is 11.7 Å². The van der Waals surface area contributed by atoms with Gasteiger partial charge in [-0.3, -0.25) is 4.79 Å². The van der Waals surface area contributed by atoms with Crippen molar-refractivity contribution in [2.24, 2.45) is 11.7 Å². The number of nitrogens with one attached hydrogen (secondary N) is 1. The highest BCUT2D eigenvalue weighted by Crippen LogP contribution is 2.29. The first-order valence-electron chi connectivity index (χ1n) is 8.75. The first kappa shape index (κ1) is 20.4. The Labute approximate surface area is 159 Å². The van der Waals surface area contributed by atoms with Crippen LogP contribution in [0.2, 0.25) is 0 Å². The second kappa shape index (κ2) is 7.76. The SMILES string of the molecule is CC(C)C(C)(CN)NC(=O)c1nn(-c2ccccc2F)c2c1CCC2.Cl. The summed E-state index contributed by atoms with van der Waals surface area (Å²) in [5, 5.41) is 7.50. The van der Waals surface area contributed by atoms with Gasteiger partial charge >= 0.3 is 0 Å². The lowest BCUT2D eigenvalue weighted by atomic mass is 9.88. The maximum Gasteiger partial charge on any atom is 0.272 e. The Morgan fingerprint density at radius 2 is 2.08 bits per heavy atom. The fourth-order valence-electron chi connectivity index (χ4n) is 3.19. The van der Waals surface area contributed by atoms with E-state index in [1.165, 1.54) is 6.07 Å². The van der Waals surface area contributed by atoms with Crippen LogP contribution in [-0.2, 0) is 12.8 Å². The molecule has 1 amide bonds. The highest BCUT2D eigenvalue weighted by atomic mass is 35.5. The molecular weight excluding hydrogens is 355 g/mol. The highest BCUT2D eigenvalue weighted by molar-refractivity contribution is 5.94. The Morgan fingerprint density at radius 1 is 1.38 bits per heavy atom. The van der Waals surface area contributed by atoms with Crippen LogP contribution in [0.5, 0.6) is 0 Å². The molecule has 1 atom stereocenters. The number of aromatic nitrogens is 2. The molecule has 0 aliphatic heterocycles. The minimum atomic E-state index is -0.510. The van der Waals surface area contributed by atoms with Crippen molar-refractivity contribution >= 4 is 18.3 Å². The minimum absolute atomic E-state index is 0. The molecule has 1 unspecified atom stereocenters. The molecule has 3 rings (SSSR count). The summed E-state index contributed by atoms with van der Waals surface area (Å²) in [6.45, 7) is 6.32. The predicted molar refractivity (Wildman–Crippen MR) is 103 cm³/mol. The van der Waals surface area contributed by atoms with Gasteiger partial charge in [-0.25, -0.2) is 9.07 Å². The van der Waals surface area contributed by atoms with Crippen molar-refractivity contribution in [3.05, 3.63) is 47.0 Å². The van der Waals surface area contributed by atoms with E-state index in [0.29, 0.717) is 17.9 Å². The third kappa shape index (κ3) is 3.48. The van der Waals surface area contributed by atoms with Gasteiger partial charge in [0.15, 0.2) is 5.69 Å². The predicted octanol–water partition coefficient (Wildman–Crippen LogP) is 3.03. The molecular formula is C19H26ClFN4O. The van der Waals surface area contributed by atoms with Gasteiger partial charge in [-0.1, -0.05) is 26.0 Å². The molecule has 0 saturated heterocycles. The summed E-state index contributed by atoms with van der Waals surface area (Å²) < 4.78 is 15.8. The maximum atomic E-state index is 14.2. The Balaban J connectivity index is 0.00000243. The van der Waals surface area contributed by atoms with E-state index in [-0.39, 0.29) is 30.0 Å². The number of halogens is 2. The van der Waals surface area contributed by atoms with Gasteiger partial charge in [0.1, 0.15) is 11.5 Å². The fourth-order valence-corrected chi connectivity index (χ4v) is 3.19. The van der Waals surface area contributed by atoms with Gasteiger partial charge in [0, 0.05) is 17.8 Å². The lowest BCUT2D eigenvalue weighted by Crippen LogP contribution is -2.55. The van der Waals surface area contributed by atoms with E-state index in [0.717, 1.165) is 30.5 Å². The summed E-state index contributed by atoms with van der Waals surface area (Å²) in [6, 6.07) is 6.50. The van der Waals surface area contributed by atoms with Crippen LogP contribution in [0.4, 0.5) is 4.39 Å². The van der Waals surface area contributed by atoms with E-state index >= 15 is 0 Å². The van der Waals surface area contributed by atoms with Gasteiger partial charge in [0.25, 0.3) is 5.91 Å². The van der Waals surface area contributed by atoms with Crippen LogP contribution in [-0.4, -0.2) is 27.8 Å². The Hall–Kier alpha value is -1.92. The topological polar surface area (TPSA) is 72.9 Å². The number of carbonyl (C=O) groups excluding carboxylic acids is 1. The van der Waals surface area contributed by atoms with Crippen molar-refractivity contribution in [1.82, 2.24) is 15.1 Å². The minimum Gasteiger partial charge on any atom is -0.344 e. The molecule has 142 valence electrons. The van der Waals surface area contributed by atoms with Crippen LogP contribution < -0.4 is 11.1 Å². The average Bonchev–Trinajstić information content (AvgIpc) is 3.17. The number of fused-ring (bicyclic) bond motifs is 1. The molecule has 0 saturated carbocycles. The van der Waals surface area contributed by atoms with Crippen LogP contribution in [0.1, 0.15) is 48.9 Å². The summed E-state index contributed by atoms with van der Waals surface area (Å²) in [5.41, 5.74) is 7.97. The zero-order valence-electron chi connectivity index (χ0n) is 15.4. The molecule has 0 fully saturated rings. The van der Waals surface area contributed by atoms with E-state index in [2.05, 4.69) is 10.4 Å². The molecule has 7 heteroatoms. The zero-order valence-corrected chi connectivity index (χ0v) is 16.2. The smallest absolute Gasteiger partial charge is 0.272 e. The van der Waals surface area contributed by atoms with Crippen LogP contribution in [0.15, 0.2) is 24.3 Å². The molecule has 5 nitrogen and oxygen atoms in total. The number of amides is 1. The summed E-state index contributed by atoms with van der Waals surface area (Å²) in [7, 11) is 0. The third-order valence-electron chi connectivity index (χ3n) is 5.32. The number of benzene rings is 1. The van der Waals surface area contributed by atoms with Crippen LogP contribution in [0.3, 0.4) is 0 Å². The molecule has 2 aromatic rings. The summed E-state index contributed by atoms with van der Waals surface area (Å²) >= 11 is 0. The van der Waals surface area contributed by atoms with Crippen molar-refractivity contribution in [3.63, 3.8) is 0 Å². The number of carbonyl (C=O) groups is 1. The first-order chi connectivity index (χ1) is 11.9. The Bertz CT molecular complexity index is 805. The number of hydrogen-bond donors (Lipinski definition) is 2. The van der Waals surface area contributed by atoms with E-state index in [9.17, 15) is 9.18 Å². The number of nitrogens with zero attached hydrogens (tertiary/aromatic N) is 2. The quantitative estimate of drug-likeness (QED) is 0.837. The standard InChI is InChI=1S/C19H25FN4O.ClH/c1-12(2)19(3,11-21)22-18(25)17-13-7-6-10-15(13)24(23-17)16-9-5-4-8-14(16)20;/h4-5,8-9,12H,6-7,10-11,21H2,1-3H3,(H,22,25);1H.